The number of rotatable bonds is 3. The summed E-state index contributed by atoms with van der Waals surface area (Å²) in [4.78, 5) is 0.111. The van der Waals surface area contributed by atoms with Gasteiger partial charge in [0.05, 0.1) is 15.6 Å². The minimum atomic E-state index is -3.71. The molecule has 0 fully saturated rings. The van der Waals surface area contributed by atoms with Crippen molar-refractivity contribution in [3.05, 3.63) is 51.5 Å². The lowest BCUT2D eigenvalue weighted by atomic mass is 10.2. The molecular weight excluding hydrogens is 364 g/mol. The van der Waals surface area contributed by atoms with Crippen LogP contribution in [0.15, 0.2) is 45.8 Å². The van der Waals surface area contributed by atoms with Crippen LogP contribution in [-0.2, 0) is 10.0 Å². The van der Waals surface area contributed by atoms with Gasteiger partial charge in [0.1, 0.15) is 0 Å². The first-order valence-corrected chi connectivity index (χ1v) is 8.29. The van der Waals surface area contributed by atoms with E-state index in [4.69, 9.17) is 17.3 Å². The maximum absolute atomic E-state index is 12.4. The number of anilines is 2. The predicted molar refractivity (Wildman–Crippen MR) is 85.6 cm³/mol. The quantitative estimate of drug-likeness (QED) is 0.802. The fourth-order valence-electron chi connectivity index (χ4n) is 1.72. The Morgan fingerprint density at radius 2 is 1.95 bits per heavy atom. The molecule has 0 spiro atoms. The lowest BCUT2D eigenvalue weighted by molar-refractivity contribution is 0.600. The highest BCUT2D eigenvalue weighted by molar-refractivity contribution is 9.10. The van der Waals surface area contributed by atoms with Crippen molar-refractivity contribution in [3.63, 3.8) is 0 Å². The van der Waals surface area contributed by atoms with Crippen LogP contribution in [0.5, 0.6) is 0 Å². The van der Waals surface area contributed by atoms with E-state index in [1.165, 1.54) is 12.1 Å². The molecular formula is C13H12BrClN2O2S. The fourth-order valence-corrected chi connectivity index (χ4v) is 3.65. The van der Waals surface area contributed by atoms with E-state index in [0.717, 1.165) is 4.47 Å². The number of hydrogen-bond donors (Lipinski definition) is 2. The number of halogens is 2. The first-order valence-electron chi connectivity index (χ1n) is 5.63. The molecule has 3 N–H and O–H groups in total. The number of nitrogens with two attached hydrogens (primary N) is 1. The van der Waals surface area contributed by atoms with Crippen molar-refractivity contribution >= 4 is 48.9 Å². The molecule has 106 valence electrons. The molecule has 0 saturated carbocycles. The normalized spacial score (nSPS) is 11.3. The molecule has 0 aliphatic carbocycles. The number of benzene rings is 2. The van der Waals surface area contributed by atoms with E-state index < -0.39 is 10.0 Å². The summed E-state index contributed by atoms with van der Waals surface area (Å²) < 4.78 is 28.0. The van der Waals surface area contributed by atoms with Crippen molar-refractivity contribution in [2.24, 2.45) is 0 Å². The largest absolute Gasteiger partial charge is 0.397 e. The van der Waals surface area contributed by atoms with Gasteiger partial charge in [-0.15, -0.1) is 0 Å². The Labute approximate surface area is 131 Å². The molecule has 20 heavy (non-hydrogen) atoms. The zero-order valence-corrected chi connectivity index (χ0v) is 13.7. The maximum Gasteiger partial charge on any atom is 0.262 e. The standard InChI is InChI=1S/C13H12BrClN2O2S/c1-8-5-11(15)12(16)7-13(8)20(18,19)17-10-4-2-3-9(14)6-10/h2-7,17H,16H2,1H3. The van der Waals surface area contributed by atoms with Crippen LogP contribution in [0.2, 0.25) is 5.02 Å². The average molecular weight is 376 g/mol. The number of nitrogen functional groups attached to an aromatic ring is 1. The highest BCUT2D eigenvalue weighted by atomic mass is 79.9. The van der Waals surface area contributed by atoms with Gasteiger partial charge in [0.25, 0.3) is 10.0 Å². The number of sulfonamides is 1. The second kappa shape index (κ2) is 5.63. The third kappa shape index (κ3) is 3.26. The second-order valence-electron chi connectivity index (χ2n) is 4.26. The third-order valence-electron chi connectivity index (χ3n) is 2.66. The number of aryl methyl sites for hydroxylation is 1. The van der Waals surface area contributed by atoms with Crippen LogP contribution in [0.3, 0.4) is 0 Å². The van der Waals surface area contributed by atoms with Gasteiger partial charge in [0, 0.05) is 10.2 Å². The summed E-state index contributed by atoms with van der Waals surface area (Å²) in [5.41, 5.74) is 6.90. The molecule has 0 radical (unpaired) electrons. The molecule has 2 aromatic carbocycles. The molecule has 0 aromatic heterocycles. The highest BCUT2D eigenvalue weighted by Crippen LogP contribution is 2.28. The van der Waals surface area contributed by atoms with E-state index >= 15 is 0 Å². The van der Waals surface area contributed by atoms with Crippen molar-refractivity contribution in [3.8, 4) is 0 Å². The Kier molecular flexibility index (Phi) is 4.27. The molecule has 0 bridgehead atoms. The predicted octanol–water partition coefficient (Wildman–Crippen LogP) is 3.79. The van der Waals surface area contributed by atoms with E-state index in [1.54, 1.807) is 25.1 Å². The van der Waals surface area contributed by atoms with E-state index in [2.05, 4.69) is 20.7 Å². The smallest absolute Gasteiger partial charge is 0.262 e. The molecule has 4 nitrogen and oxygen atoms in total. The zero-order chi connectivity index (χ0) is 14.9. The molecule has 0 heterocycles. The van der Waals surface area contributed by atoms with Crippen LogP contribution in [0, 0.1) is 6.92 Å². The number of hydrogen-bond acceptors (Lipinski definition) is 3. The Morgan fingerprint density at radius 1 is 1.25 bits per heavy atom. The van der Waals surface area contributed by atoms with Crippen LogP contribution in [0.4, 0.5) is 11.4 Å². The van der Waals surface area contributed by atoms with Gasteiger partial charge < -0.3 is 5.73 Å². The van der Waals surface area contributed by atoms with Gasteiger partial charge in [-0.3, -0.25) is 4.72 Å². The van der Waals surface area contributed by atoms with Crippen LogP contribution in [0.1, 0.15) is 5.56 Å². The first-order chi connectivity index (χ1) is 9.29. The fraction of sp³-hybridized carbons (Fsp3) is 0.0769. The molecule has 0 saturated heterocycles. The first kappa shape index (κ1) is 15.2. The lowest BCUT2D eigenvalue weighted by Gasteiger charge is -2.12. The summed E-state index contributed by atoms with van der Waals surface area (Å²) in [7, 11) is -3.71. The van der Waals surface area contributed by atoms with Crippen LogP contribution in [-0.4, -0.2) is 8.42 Å². The second-order valence-corrected chi connectivity index (χ2v) is 7.23. The lowest BCUT2D eigenvalue weighted by Crippen LogP contribution is -2.14. The molecule has 0 unspecified atom stereocenters. The highest BCUT2D eigenvalue weighted by Gasteiger charge is 2.18. The van der Waals surface area contributed by atoms with Gasteiger partial charge >= 0.3 is 0 Å². The van der Waals surface area contributed by atoms with Gasteiger partial charge in [-0.25, -0.2) is 8.42 Å². The molecule has 0 aliphatic heterocycles. The number of nitrogens with one attached hydrogen (secondary N) is 1. The van der Waals surface area contributed by atoms with E-state index in [0.29, 0.717) is 16.3 Å². The summed E-state index contributed by atoms with van der Waals surface area (Å²) in [5.74, 6) is 0. The average Bonchev–Trinajstić information content (AvgIpc) is 2.33. The molecule has 0 amide bonds. The van der Waals surface area contributed by atoms with Crippen LogP contribution in [0.25, 0.3) is 0 Å². The van der Waals surface area contributed by atoms with E-state index in [-0.39, 0.29) is 10.6 Å². The summed E-state index contributed by atoms with van der Waals surface area (Å²) in [6, 6.07) is 9.78. The minimum Gasteiger partial charge on any atom is -0.397 e. The van der Waals surface area contributed by atoms with Gasteiger partial charge in [-0.05, 0) is 42.8 Å². The molecule has 7 heteroatoms. The van der Waals surface area contributed by atoms with Crippen LogP contribution < -0.4 is 10.5 Å². The van der Waals surface area contributed by atoms with Crippen molar-refractivity contribution in [1.29, 1.82) is 0 Å². The van der Waals surface area contributed by atoms with Crippen molar-refractivity contribution in [2.45, 2.75) is 11.8 Å². The Hall–Kier alpha value is -1.24. The molecule has 0 aliphatic rings. The Bertz CT molecular complexity index is 763. The topological polar surface area (TPSA) is 72.2 Å². The molecule has 2 aromatic rings. The van der Waals surface area contributed by atoms with Gasteiger partial charge in [0.15, 0.2) is 0 Å². The Morgan fingerprint density at radius 3 is 2.60 bits per heavy atom. The Balaban J connectivity index is 2.43. The van der Waals surface area contributed by atoms with Crippen molar-refractivity contribution < 1.29 is 8.42 Å². The third-order valence-corrected chi connectivity index (χ3v) is 5.00. The van der Waals surface area contributed by atoms with Crippen molar-refractivity contribution in [2.75, 3.05) is 10.5 Å². The zero-order valence-electron chi connectivity index (χ0n) is 10.5. The van der Waals surface area contributed by atoms with Crippen LogP contribution >= 0.6 is 27.5 Å². The van der Waals surface area contributed by atoms with Gasteiger partial charge in [0.2, 0.25) is 0 Å². The maximum atomic E-state index is 12.4. The molecule has 2 rings (SSSR count). The minimum absolute atomic E-state index is 0.111. The molecule has 0 atom stereocenters. The van der Waals surface area contributed by atoms with Gasteiger partial charge in [-0.2, -0.15) is 0 Å². The monoisotopic (exact) mass is 374 g/mol. The summed E-state index contributed by atoms with van der Waals surface area (Å²) in [6.45, 7) is 1.67. The summed E-state index contributed by atoms with van der Waals surface area (Å²) in [5, 5.41) is 0.337. The van der Waals surface area contributed by atoms with Gasteiger partial charge in [-0.1, -0.05) is 33.6 Å². The van der Waals surface area contributed by atoms with E-state index in [1.807, 2.05) is 6.07 Å². The SMILES string of the molecule is Cc1cc(Cl)c(N)cc1S(=O)(=O)Nc1cccc(Br)c1. The van der Waals surface area contributed by atoms with Crippen molar-refractivity contribution in [1.82, 2.24) is 0 Å². The summed E-state index contributed by atoms with van der Waals surface area (Å²) in [6.07, 6.45) is 0. The van der Waals surface area contributed by atoms with E-state index in [9.17, 15) is 8.42 Å². The summed E-state index contributed by atoms with van der Waals surface area (Å²) >= 11 is 9.16.